The van der Waals surface area contributed by atoms with Crippen molar-refractivity contribution in [2.75, 3.05) is 54.2 Å². The van der Waals surface area contributed by atoms with Crippen molar-refractivity contribution >= 4 is 5.78 Å². The van der Waals surface area contributed by atoms with Crippen LogP contribution < -0.4 is 0 Å². The minimum atomic E-state index is -0.975. The van der Waals surface area contributed by atoms with E-state index in [4.69, 9.17) is 23.7 Å². The van der Waals surface area contributed by atoms with Gasteiger partial charge in [-0.15, -0.1) is 0 Å². The Morgan fingerprint density at radius 3 is 2.53 bits per heavy atom. The molecule has 0 aromatic carbocycles. The Balaban J connectivity index is 1.46. The quantitative estimate of drug-likeness (QED) is 0.630. The van der Waals surface area contributed by atoms with Gasteiger partial charge in [0.2, 0.25) is 0 Å². The molecule has 5 saturated carbocycles. The summed E-state index contributed by atoms with van der Waals surface area (Å²) in [6.45, 7) is 5.66. The largest absolute Gasteiger partial charge is 0.389 e. The second-order valence-corrected chi connectivity index (χ2v) is 12.2. The van der Waals surface area contributed by atoms with Gasteiger partial charge in [-0.1, -0.05) is 6.92 Å². The number of carbonyl (C=O) groups excluding carboxylic acids is 1. The van der Waals surface area contributed by atoms with Crippen LogP contribution in [0.25, 0.3) is 0 Å². The number of ketones is 1. The first-order valence-corrected chi connectivity index (χ1v) is 13.2. The summed E-state index contributed by atoms with van der Waals surface area (Å²) in [5.41, 5.74) is -1.40. The smallest absolute Gasteiger partial charge is 0.177 e. The molecule has 5 bridgehead atoms. The van der Waals surface area contributed by atoms with E-state index in [1.807, 2.05) is 0 Å². The van der Waals surface area contributed by atoms with Gasteiger partial charge in [-0.05, 0) is 30.7 Å². The van der Waals surface area contributed by atoms with Crippen molar-refractivity contribution in [3.8, 4) is 0 Å². The molecule has 8 nitrogen and oxygen atoms in total. The summed E-state index contributed by atoms with van der Waals surface area (Å²) >= 11 is 0. The average molecular weight is 478 g/mol. The molecule has 0 radical (unpaired) electrons. The lowest BCUT2D eigenvalue weighted by molar-refractivity contribution is -0.356. The number of fused-ring (bicyclic) bond motifs is 2. The second kappa shape index (κ2) is 7.03. The van der Waals surface area contributed by atoms with E-state index in [1.54, 1.807) is 21.3 Å². The number of ether oxygens (including phenoxy) is 5. The summed E-state index contributed by atoms with van der Waals surface area (Å²) < 4.78 is 31.1. The average Bonchev–Trinajstić information content (AvgIpc) is 3.34. The van der Waals surface area contributed by atoms with Crippen molar-refractivity contribution in [3.63, 3.8) is 0 Å². The lowest BCUT2D eigenvalue weighted by atomic mass is 9.35. The van der Waals surface area contributed by atoms with Crippen LogP contribution in [0.15, 0.2) is 0 Å². The minimum absolute atomic E-state index is 0.00758. The molecule has 11 atom stereocenters. The Hall–Kier alpha value is -0.610. The van der Waals surface area contributed by atoms with Crippen LogP contribution in [-0.2, 0) is 28.5 Å². The van der Waals surface area contributed by atoms with Crippen molar-refractivity contribution in [2.45, 2.75) is 62.2 Å². The van der Waals surface area contributed by atoms with E-state index in [1.165, 1.54) is 0 Å². The summed E-state index contributed by atoms with van der Waals surface area (Å²) in [5.74, 6) is -0.250. The number of piperidine rings is 1. The number of carbonyl (C=O) groups is 1. The molecule has 7 fully saturated rings. The first-order chi connectivity index (χ1) is 16.4. The summed E-state index contributed by atoms with van der Waals surface area (Å²) in [4.78, 5) is 15.8. The fourth-order valence-corrected chi connectivity index (χ4v) is 11.2. The molecule has 0 amide bonds. The molecule has 34 heavy (non-hydrogen) atoms. The number of aliphatic hydroxyl groups is 1. The van der Waals surface area contributed by atoms with Gasteiger partial charge in [-0.2, -0.15) is 0 Å². The number of likely N-dealkylation sites (tertiary alicyclic amines) is 1. The van der Waals surface area contributed by atoms with Gasteiger partial charge in [0, 0.05) is 70.4 Å². The molecule has 2 aliphatic heterocycles. The van der Waals surface area contributed by atoms with Crippen molar-refractivity contribution < 1.29 is 33.6 Å². The van der Waals surface area contributed by atoms with Gasteiger partial charge in [0.1, 0.15) is 6.10 Å². The van der Waals surface area contributed by atoms with E-state index in [0.717, 1.165) is 32.4 Å². The maximum absolute atomic E-state index is 13.2. The maximum Gasteiger partial charge on any atom is 0.177 e. The van der Waals surface area contributed by atoms with E-state index < -0.39 is 22.9 Å². The summed E-state index contributed by atoms with van der Waals surface area (Å²) in [7, 11) is 5.18. The van der Waals surface area contributed by atoms with Crippen LogP contribution in [0.1, 0.15) is 32.6 Å². The zero-order valence-corrected chi connectivity index (χ0v) is 20.8. The van der Waals surface area contributed by atoms with Gasteiger partial charge in [-0.25, -0.2) is 0 Å². The van der Waals surface area contributed by atoms with Gasteiger partial charge in [0.05, 0.1) is 36.9 Å². The Labute approximate surface area is 201 Å². The molecule has 1 N–H and O–H groups in total. The van der Waals surface area contributed by atoms with Gasteiger partial charge in [0.25, 0.3) is 0 Å². The highest BCUT2D eigenvalue weighted by Crippen LogP contribution is 2.81. The van der Waals surface area contributed by atoms with Crippen LogP contribution in [0.3, 0.4) is 0 Å². The zero-order valence-electron chi connectivity index (χ0n) is 20.8. The Bertz CT molecular complexity index is 892. The van der Waals surface area contributed by atoms with Crippen LogP contribution in [0.4, 0.5) is 0 Å². The number of hydrogen-bond acceptors (Lipinski definition) is 8. The van der Waals surface area contributed by atoms with Crippen molar-refractivity contribution in [2.24, 2.45) is 40.4 Å². The first-order valence-electron chi connectivity index (χ1n) is 13.2. The molecule has 2 saturated heterocycles. The number of Topliss-reactive ketones (excluding diaryl/α,β-unsaturated/α-hetero) is 1. The SMILES string of the molecule is CCN1C[C@@]2(COC)[C@H]3[C@@H](OC)[C@H]4C1[C@]3(CCC21OCCO1)[C@@H]1C[C@@H]2C(=O)[C@@H](OC)C[C@@]4(O)[C@@H]21. The van der Waals surface area contributed by atoms with Gasteiger partial charge in [0.15, 0.2) is 11.6 Å². The molecular weight excluding hydrogens is 438 g/mol. The number of rotatable bonds is 5. The molecule has 0 aromatic heterocycles. The van der Waals surface area contributed by atoms with Gasteiger partial charge in [-0.3, -0.25) is 9.69 Å². The molecule has 2 heterocycles. The number of methoxy groups -OCH3 is 3. The molecule has 190 valence electrons. The third kappa shape index (κ3) is 2.14. The predicted molar refractivity (Wildman–Crippen MR) is 120 cm³/mol. The van der Waals surface area contributed by atoms with E-state index in [2.05, 4.69) is 11.8 Å². The van der Waals surface area contributed by atoms with E-state index in [0.29, 0.717) is 32.2 Å². The summed E-state index contributed by atoms with van der Waals surface area (Å²) in [5, 5.41) is 12.6. The van der Waals surface area contributed by atoms with Crippen molar-refractivity contribution in [3.05, 3.63) is 0 Å². The minimum Gasteiger partial charge on any atom is -0.389 e. The van der Waals surface area contributed by atoms with Crippen LogP contribution in [-0.4, -0.2) is 99.7 Å². The molecule has 5 aliphatic carbocycles. The highest BCUT2D eigenvalue weighted by Gasteiger charge is 2.88. The standard InChI is InChI=1S/C26H39NO7/c1-5-27-12-23(13-30-2)21-20(32-4)18-22(27)24(21,6-7-26(23)33-8-9-34-26)15-10-14-17(15)25(18,29)11-16(31-3)19(14)28/h14-18,20-22,29H,5-13H2,1-4H3/t14-,15+,16-,17-,18-,20-,21+,22?,23+,24+,25+/m0/s1. The third-order valence-corrected chi connectivity index (χ3v) is 11.8. The molecule has 1 unspecified atom stereocenters. The number of hydrogen-bond donors (Lipinski definition) is 1. The third-order valence-electron chi connectivity index (χ3n) is 11.8. The topological polar surface area (TPSA) is 86.7 Å². The van der Waals surface area contributed by atoms with Crippen molar-refractivity contribution in [1.82, 2.24) is 4.90 Å². The normalized spacial score (nSPS) is 56.4. The highest BCUT2D eigenvalue weighted by atomic mass is 16.7. The molecule has 8 heteroatoms. The van der Waals surface area contributed by atoms with Gasteiger partial charge < -0.3 is 28.8 Å². The lowest BCUT2D eigenvalue weighted by Gasteiger charge is -2.74. The maximum atomic E-state index is 13.2. The Morgan fingerprint density at radius 2 is 1.88 bits per heavy atom. The summed E-state index contributed by atoms with van der Waals surface area (Å²) in [6, 6.07) is 0.217. The fraction of sp³-hybridized carbons (Fsp3) is 0.962. The van der Waals surface area contributed by atoms with Crippen molar-refractivity contribution in [1.29, 1.82) is 0 Å². The zero-order chi connectivity index (χ0) is 23.7. The predicted octanol–water partition coefficient (Wildman–Crippen LogP) is 1.09. The fourth-order valence-electron chi connectivity index (χ4n) is 11.2. The first kappa shape index (κ1) is 22.6. The van der Waals surface area contributed by atoms with Crippen LogP contribution in [0, 0.1) is 40.4 Å². The molecule has 7 aliphatic rings. The molecule has 0 aromatic rings. The highest BCUT2D eigenvalue weighted by molar-refractivity contribution is 5.88. The van der Waals surface area contributed by atoms with E-state index in [9.17, 15) is 9.90 Å². The van der Waals surface area contributed by atoms with E-state index >= 15 is 0 Å². The van der Waals surface area contributed by atoms with Gasteiger partial charge >= 0.3 is 0 Å². The molecule has 2 spiro atoms. The Kier molecular flexibility index (Phi) is 4.67. The Morgan fingerprint density at radius 1 is 1.12 bits per heavy atom. The van der Waals surface area contributed by atoms with Crippen LogP contribution >= 0.6 is 0 Å². The summed E-state index contributed by atoms with van der Waals surface area (Å²) in [6.07, 6.45) is 2.35. The lowest BCUT2D eigenvalue weighted by Crippen LogP contribution is -2.81. The molecule has 7 rings (SSSR count). The number of nitrogens with zero attached hydrogens (tertiary/aromatic N) is 1. The van der Waals surface area contributed by atoms with Crippen LogP contribution in [0.5, 0.6) is 0 Å². The monoisotopic (exact) mass is 477 g/mol. The van der Waals surface area contributed by atoms with E-state index in [-0.39, 0.29) is 47.0 Å². The second-order valence-electron chi connectivity index (χ2n) is 12.2. The molecular formula is C26H39NO7. The van der Waals surface area contributed by atoms with Crippen LogP contribution in [0.2, 0.25) is 0 Å².